The summed E-state index contributed by atoms with van der Waals surface area (Å²) < 4.78 is 0. The number of aliphatic hydroxyl groups is 1. The molecule has 6 aromatic rings. The summed E-state index contributed by atoms with van der Waals surface area (Å²) in [5.41, 5.74) is 15.3. The number of unbranched alkanes of at least 4 members (excludes halogenated alkanes) is 2. The molecule has 0 saturated carbocycles. The second kappa shape index (κ2) is 53.2. The number of amides is 17. The van der Waals surface area contributed by atoms with Crippen LogP contribution in [0.2, 0.25) is 0 Å². The SMILES string of the molecule is CCCC[C@H]1C(=O)N(C)[C@@H](CCCC)C(=O)N[C@@H](CCCNC(=N)N)C(=O)N[C@H](C(=O)NCC(N)=O)CSCC(=O)N[C@@H](Cc2ccccc2)C(=O)N(C)[C@@H](C)C(=O)NCC(=O)N2CCC[C@H]2C(=O)N[C@@H](Cc2cnc[nH]2)C(=O)N[C@@H](CC(C)CNC(C)=O)C(=O)N(C)CC(=O)N[C@@H](Cc2ccc(-c3ccccc3)cc2)C(=O)N[C@@H](CO)C(=O)N[C@@H](Cc2c[nH]c3ccccc23)C(=O)N1C. The maximum Gasteiger partial charge on any atom is 0.245 e. The number of imidazole rings is 1. The molecule has 730 valence electrons. The second-order valence-electron chi connectivity index (χ2n) is 34.0. The number of aromatic nitrogens is 3. The molecule has 1 unspecified atom stereocenters. The third kappa shape index (κ3) is 32.5. The fraction of sp³-hybridized carbons (Fsp3) is 0.495. The molecule has 0 bridgehead atoms. The summed E-state index contributed by atoms with van der Waals surface area (Å²) in [5, 5.41) is 51.7. The molecule has 4 heterocycles. The first-order valence-electron chi connectivity index (χ1n) is 45.3. The summed E-state index contributed by atoms with van der Waals surface area (Å²) in [6.07, 6.45) is 5.31. The first-order chi connectivity index (χ1) is 64.5. The molecular formula is C93H129N23O18S. The number of primary amides is 1. The van der Waals surface area contributed by atoms with Crippen LogP contribution < -0.4 is 75.3 Å². The van der Waals surface area contributed by atoms with Gasteiger partial charge in [-0.15, -0.1) is 11.8 Å². The number of thioether (sulfide) groups is 1. The molecule has 41 nitrogen and oxygen atoms in total. The van der Waals surface area contributed by atoms with Crippen molar-refractivity contribution >= 4 is 129 Å². The van der Waals surface area contributed by atoms with Gasteiger partial charge in [0.25, 0.3) is 0 Å². The molecule has 4 aromatic carbocycles. The van der Waals surface area contributed by atoms with Crippen LogP contribution >= 0.6 is 11.8 Å². The number of rotatable bonds is 27. The van der Waals surface area contributed by atoms with Gasteiger partial charge >= 0.3 is 0 Å². The first kappa shape index (κ1) is 107. The Bertz CT molecular complexity index is 5090. The number of hydrogen-bond donors (Lipinski definition) is 18. The molecule has 2 fully saturated rings. The summed E-state index contributed by atoms with van der Waals surface area (Å²) in [6, 6.07) is 14.3. The van der Waals surface area contributed by atoms with Crippen LogP contribution in [0.25, 0.3) is 22.0 Å². The summed E-state index contributed by atoms with van der Waals surface area (Å²) in [4.78, 5) is 263. The van der Waals surface area contributed by atoms with Crippen molar-refractivity contribution in [2.45, 2.75) is 203 Å². The lowest BCUT2D eigenvalue weighted by Crippen LogP contribution is -2.61. The number of nitrogens with one attached hydrogen (secondary N) is 15. The molecule has 13 atom stereocenters. The highest BCUT2D eigenvalue weighted by atomic mass is 32.2. The summed E-state index contributed by atoms with van der Waals surface area (Å²) >= 11 is 0.820. The van der Waals surface area contributed by atoms with Gasteiger partial charge in [0.1, 0.15) is 72.5 Å². The standard InChI is InChI=1S/C93H129N23O18S/c1-10-12-31-74-87(129)106-66(30-22-38-98-93(95)96)83(125)111-73(82(124)101-48-77(94)119)52-135-53-79(121)105-70(42-58-24-16-14-17-25-58)90(132)113(7)56(4)81(123)102-49-80(122)116-39-23-33-75(116)88(130)107-68(44-63-47-97-54-103-63)85(127)108-69(40-55(3)45-99-57(5)118)89(131)112(6)50-78(120)104-67(41-59-34-36-61(37-35-59)60-26-18-15-19-27-60)84(126)110-72(51-117)86(128)109-71(43-62-46-100-65-29-21-20-28-64(62)65)91(133)115(9)76(32-13-11-2)92(134)114(74)8/h14-21,24-29,34-37,46-47,54-56,66-76,100,117H,10-13,22-23,30-33,38-45,48-53H2,1-9H3,(H2,94,119)(H,97,103)(H,99,118)(H,101,124)(H,102,123)(H,104,120)(H,105,121)(H,106,129)(H,107,130)(H,108,127)(H,109,128)(H,110,126)(H,111,125)(H4,95,96,98)/t55?,56-,66-,67-,68-,69-,70-,71-,72-,73-,74-,75-,76-/m0/s1. The van der Waals surface area contributed by atoms with Crippen molar-refractivity contribution in [3.63, 3.8) is 0 Å². The highest BCUT2D eigenvalue weighted by Gasteiger charge is 2.43. The van der Waals surface area contributed by atoms with E-state index in [1.165, 1.54) is 59.5 Å². The van der Waals surface area contributed by atoms with E-state index in [9.17, 15) is 53.1 Å². The van der Waals surface area contributed by atoms with Crippen molar-refractivity contribution in [3.8, 4) is 11.1 Å². The molecule has 8 rings (SSSR count). The van der Waals surface area contributed by atoms with Crippen LogP contribution in [0.3, 0.4) is 0 Å². The molecule has 2 aliphatic rings. The normalized spacial score (nSPS) is 22.8. The number of benzene rings is 4. The molecule has 2 aliphatic heterocycles. The number of nitrogens with zero attached hydrogens (tertiary/aromatic N) is 6. The van der Waals surface area contributed by atoms with Gasteiger partial charge in [-0.05, 0) is 91.7 Å². The maximum atomic E-state index is 15.7. The Morgan fingerprint density at radius 2 is 1.14 bits per heavy atom. The number of carbonyl (C=O) groups is 17. The van der Waals surface area contributed by atoms with Crippen molar-refractivity contribution in [1.29, 1.82) is 5.41 Å². The minimum Gasteiger partial charge on any atom is -0.394 e. The molecule has 42 heteroatoms. The fourth-order valence-electron chi connectivity index (χ4n) is 15.9. The Kier molecular flexibility index (Phi) is 42.0. The Morgan fingerprint density at radius 3 is 1.79 bits per heavy atom. The van der Waals surface area contributed by atoms with Crippen LogP contribution in [-0.4, -0.2) is 309 Å². The lowest BCUT2D eigenvalue weighted by atomic mass is 9.99. The van der Waals surface area contributed by atoms with Gasteiger partial charge in [-0.2, -0.15) is 0 Å². The van der Waals surface area contributed by atoms with E-state index in [0.29, 0.717) is 65.4 Å². The number of fused-ring (bicyclic) bond motifs is 2. The van der Waals surface area contributed by atoms with Crippen LogP contribution in [0.5, 0.6) is 0 Å². The average Bonchev–Trinajstić information content (AvgIpc) is 1.76. The quantitative estimate of drug-likeness (QED) is 0.0166. The Morgan fingerprint density at radius 1 is 0.570 bits per heavy atom. The minimum atomic E-state index is -1.86. The van der Waals surface area contributed by atoms with Crippen LogP contribution in [0.4, 0.5) is 0 Å². The third-order valence-corrected chi connectivity index (χ3v) is 24.6. The van der Waals surface area contributed by atoms with E-state index in [2.05, 4.69) is 78.8 Å². The van der Waals surface area contributed by atoms with Crippen molar-refractivity contribution in [1.82, 2.24) is 103 Å². The van der Waals surface area contributed by atoms with Crippen LogP contribution in [0.1, 0.15) is 128 Å². The third-order valence-electron chi connectivity index (χ3n) is 23.6. The van der Waals surface area contributed by atoms with E-state index in [1.807, 2.05) is 44.2 Å². The van der Waals surface area contributed by atoms with Gasteiger partial charge in [0.15, 0.2) is 5.96 Å². The number of aromatic amines is 2. The van der Waals surface area contributed by atoms with Crippen LogP contribution in [-0.2, 0) is 107 Å². The lowest BCUT2D eigenvalue weighted by molar-refractivity contribution is -0.149. The molecule has 2 aromatic heterocycles. The second-order valence-corrected chi connectivity index (χ2v) is 35.1. The molecule has 2 saturated heterocycles. The number of para-hydroxylation sites is 1. The van der Waals surface area contributed by atoms with E-state index in [-0.39, 0.29) is 89.6 Å². The van der Waals surface area contributed by atoms with Gasteiger partial charge < -0.3 is 115 Å². The number of carbonyl (C=O) groups excluding carboxylic acids is 17. The smallest absolute Gasteiger partial charge is 0.245 e. The molecule has 0 spiro atoms. The predicted octanol–water partition coefficient (Wildman–Crippen LogP) is -1.08. The molecule has 20 N–H and O–H groups in total. The molecule has 0 radical (unpaired) electrons. The van der Waals surface area contributed by atoms with E-state index in [1.54, 1.807) is 92.0 Å². The lowest BCUT2D eigenvalue weighted by Gasteiger charge is -2.36. The highest BCUT2D eigenvalue weighted by molar-refractivity contribution is 8.00. The van der Waals surface area contributed by atoms with Crippen molar-refractivity contribution in [3.05, 3.63) is 150 Å². The summed E-state index contributed by atoms with van der Waals surface area (Å²) in [5.74, 6) is -16.1. The number of nitrogens with two attached hydrogens (primary N) is 2. The summed E-state index contributed by atoms with van der Waals surface area (Å²) in [7, 11) is 5.29. The van der Waals surface area contributed by atoms with Crippen molar-refractivity contribution in [2.24, 2.45) is 17.4 Å². The molecule has 17 amide bonds. The maximum absolute atomic E-state index is 15.7. The van der Waals surface area contributed by atoms with E-state index >= 15 is 33.6 Å². The molecule has 0 aliphatic carbocycles. The van der Waals surface area contributed by atoms with Crippen molar-refractivity contribution in [2.75, 3.05) is 85.6 Å². The minimum absolute atomic E-state index is 0.000881. The number of hydrogen-bond acceptors (Lipinski definition) is 21. The fourth-order valence-corrected chi connectivity index (χ4v) is 16.7. The largest absolute Gasteiger partial charge is 0.394 e. The average molecular weight is 1890 g/mol. The van der Waals surface area contributed by atoms with Gasteiger partial charge in [0.2, 0.25) is 100 Å². The first-order valence-corrected chi connectivity index (χ1v) is 46.5. The highest BCUT2D eigenvalue weighted by Crippen LogP contribution is 2.26. The number of aliphatic hydroxyl groups excluding tert-OH is 1. The zero-order chi connectivity index (χ0) is 98.5. The zero-order valence-electron chi connectivity index (χ0n) is 77.7. The number of H-pyrrole nitrogens is 2. The van der Waals surface area contributed by atoms with Crippen LogP contribution in [0.15, 0.2) is 128 Å². The number of guanidine groups is 1. The van der Waals surface area contributed by atoms with Gasteiger partial charge in [-0.25, -0.2) is 4.98 Å². The van der Waals surface area contributed by atoms with Gasteiger partial charge in [-0.1, -0.05) is 150 Å². The van der Waals surface area contributed by atoms with Gasteiger partial charge in [0, 0.05) is 115 Å². The van der Waals surface area contributed by atoms with Crippen molar-refractivity contribution < 1.29 is 86.6 Å². The van der Waals surface area contributed by atoms with Gasteiger partial charge in [0.05, 0.1) is 38.3 Å². The molecular weight excluding hydrogens is 1760 g/mol. The number of likely N-dealkylation sites (N-methyl/N-ethyl adjacent to an activating group) is 4. The Balaban J connectivity index is 1.18. The Hall–Kier alpha value is -13.8. The molecule has 135 heavy (non-hydrogen) atoms. The summed E-state index contributed by atoms with van der Waals surface area (Å²) in [6.45, 7) is 4.89. The zero-order valence-corrected chi connectivity index (χ0v) is 78.6. The van der Waals surface area contributed by atoms with E-state index in [0.717, 1.165) is 42.5 Å². The van der Waals surface area contributed by atoms with Gasteiger partial charge in [-0.3, -0.25) is 86.9 Å². The predicted molar refractivity (Wildman–Crippen MR) is 503 cm³/mol. The topological polar surface area (TPSA) is 591 Å². The van der Waals surface area contributed by atoms with E-state index in [4.69, 9.17) is 16.9 Å². The Labute approximate surface area is 788 Å². The van der Waals surface area contributed by atoms with Crippen LogP contribution in [0, 0.1) is 11.3 Å². The monoisotopic (exact) mass is 1890 g/mol. The van der Waals surface area contributed by atoms with E-state index < -0.39 is 217 Å².